The number of aromatic nitrogens is 2. The number of rotatable bonds is 4. The molecular weight excluding hydrogens is 229 g/mol. The molecule has 4 heteroatoms. The summed E-state index contributed by atoms with van der Waals surface area (Å²) in [4.78, 5) is 0. The van der Waals surface area contributed by atoms with E-state index < -0.39 is 5.67 Å². The fourth-order valence-corrected chi connectivity index (χ4v) is 2.77. The Kier molecular flexibility index (Phi) is 4.05. The van der Waals surface area contributed by atoms with Gasteiger partial charge in [-0.15, -0.1) is 0 Å². The van der Waals surface area contributed by atoms with Crippen molar-refractivity contribution >= 4 is 0 Å². The molecule has 1 N–H and O–H groups in total. The van der Waals surface area contributed by atoms with E-state index in [1.54, 1.807) is 6.92 Å². The van der Waals surface area contributed by atoms with Crippen LogP contribution in [0, 0.1) is 5.92 Å². The van der Waals surface area contributed by atoms with Crippen molar-refractivity contribution < 1.29 is 4.39 Å². The van der Waals surface area contributed by atoms with Crippen LogP contribution in [0.3, 0.4) is 0 Å². The van der Waals surface area contributed by atoms with Gasteiger partial charge in [0.1, 0.15) is 5.67 Å². The number of hydrogen-bond acceptors (Lipinski definition) is 2. The summed E-state index contributed by atoms with van der Waals surface area (Å²) in [7, 11) is 1.91. The quantitative estimate of drug-likeness (QED) is 0.892. The third-order valence-electron chi connectivity index (χ3n) is 4.06. The molecule has 0 aromatic carbocycles. The lowest BCUT2D eigenvalue weighted by atomic mass is 9.82. The second-order valence-corrected chi connectivity index (χ2v) is 5.60. The molecule has 0 spiro atoms. The first-order chi connectivity index (χ1) is 8.53. The minimum Gasteiger partial charge on any atom is -0.316 e. The van der Waals surface area contributed by atoms with Gasteiger partial charge in [0.05, 0.1) is 5.69 Å². The molecule has 1 aliphatic heterocycles. The minimum absolute atomic E-state index is 0.117. The number of nitrogens with one attached hydrogen (secondary N) is 1. The molecule has 1 aliphatic rings. The highest BCUT2D eigenvalue weighted by Gasteiger charge is 2.35. The average molecular weight is 253 g/mol. The van der Waals surface area contributed by atoms with E-state index in [1.807, 2.05) is 17.8 Å². The first kappa shape index (κ1) is 13.5. The summed E-state index contributed by atoms with van der Waals surface area (Å²) in [5.74, 6) is 0.117. The van der Waals surface area contributed by atoms with Gasteiger partial charge in [0.15, 0.2) is 0 Å². The van der Waals surface area contributed by atoms with E-state index in [9.17, 15) is 4.39 Å². The van der Waals surface area contributed by atoms with E-state index in [1.165, 1.54) is 0 Å². The van der Waals surface area contributed by atoms with Gasteiger partial charge in [-0.25, -0.2) is 4.39 Å². The van der Waals surface area contributed by atoms with E-state index in [0.29, 0.717) is 6.42 Å². The zero-order chi connectivity index (χ0) is 13.2. The van der Waals surface area contributed by atoms with Crippen LogP contribution in [-0.4, -0.2) is 28.5 Å². The molecule has 102 valence electrons. The van der Waals surface area contributed by atoms with Crippen LogP contribution in [0.15, 0.2) is 6.07 Å². The van der Waals surface area contributed by atoms with Crippen LogP contribution in [0.25, 0.3) is 0 Å². The molecule has 18 heavy (non-hydrogen) atoms. The summed E-state index contributed by atoms with van der Waals surface area (Å²) in [6, 6.07) is 2.04. The topological polar surface area (TPSA) is 29.9 Å². The van der Waals surface area contributed by atoms with Gasteiger partial charge in [0.25, 0.3) is 0 Å². The summed E-state index contributed by atoms with van der Waals surface area (Å²) in [6.45, 7) is 5.64. The van der Waals surface area contributed by atoms with Gasteiger partial charge in [-0.05, 0) is 38.8 Å². The molecular formula is C14H24FN3. The second kappa shape index (κ2) is 5.39. The lowest BCUT2D eigenvalue weighted by molar-refractivity contribution is 0.0813. The second-order valence-electron chi connectivity index (χ2n) is 5.60. The standard InChI is InChI=1S/C14H24FN3/c1-4-12-8-13(18(3)17-12)9-14(2,15)11-6-5-7-16-10-11/h8,11,16H,4-7,9-10H2,1-3H3. The van der Waals surface area contributed by atoms with E-state index in [2.05, 4.69) is 17.3 Å². The van der Waals surface area contributed by atoms with Crippen molar-refractivity contribution in [2.75, 3.05) is 13.1 Å². The Hall–Kier alpha value is -0.900. The lowest BCUT2D eigenvalue weighted by Gasteiger charge is -2.33. The van der Waals surface area contributed by atoms with Crippen LogP contribution in [0.4, 0.5) is 4.39 Å². The smallest absolute Gasteiger partial charge is 0.117 e. The number of hydrogen-bond donors (Lipinski definition) is 1. The summed E-state index contributed by atoms with van der Waals surface area (Å²) in [6.07, 6.45) is 3.43. The van der Waals surface area contributed by atoms with Crippen LogP contribution in [0.5, 0.6) is 0 Å². The maximum absolute atomic E-state index is 14.9. The molecule has 0 amide bonds. The van der Waals surface area contributed by atoms with Crippen molar-refractivity contribution in [2.24, 2.45) is 13.0 Å². The Morgan fingerprint density at radius 2 is 2.39 bits per heavy atom. The SMILES string of the molecule is CCc1cc(CC(C)(F)C2CCCNC2)n(C)n1. The van der Waals surface area contributed by atoms with Crippen LogP contribution >= 0.6 is 0 Å². The molecule has 1 saturated heterocycles. The van der Waals surface area contributed by atoms with E-state index in [-0.39, 0.29) is 5.92 Å². The van der Waals surface area contributed by atoms with Crippen molar-refractivity contribution in [3.05, 3.63) is 17.5 Å². The number of halogens is 1. The van der Waals surface area contributed by atoms with Crippen LogP contribution in [0.1, 0.15) is 38.1 Å². The van der Waals surface area contributed by atoms with Gasteiger partial charge in [-0.1, -0.05) is 6.92 Å². The third-order valence-corrected chi connectivity index (χ3v) is 4.06. The molecule has 0 radical (unpaired) electrons. The molecule has 2 atom stereocenters. The maximum atomic E-state index is 14.9. The Morgan fingerprint density at radius 1 is 1.61 bits per heavy atom. The predicted molar refractivity (Wildman–Crippen MR) is 71.4 cm³/mol. The summed E-state index contributed by atoms with van der Waals surface area (Å²) in [5.41, 5.74) is 0.902. The maximum Gasteiger partial charge on any atom is 0.117 e. The highest BCUT2D eigenvalue weighted by Crippen LogP contribution is 2.31. The average Bonchev–Trinajstić information content (AvgIpc) is 2.71. The molecule has 0 bridgehead atoms. The highest BCUT2D eigenvalue weighted by atomic mass is 19.1. The Balaban J connectivity index is 2.07. The molecule has 0 aliphatic carbocycles. The van der Waals surface area contributed by atoms with Crippen molar-refractivity contribution in [3.63, 3.8) is 0 Å². The number of alkyl halides is 1. The first-order valence-corrected chi connectivity index (χ1v) is 6.94. The minimum atomic E-state index is -1.15. The lowest BCUT2D eigenvalue weighted by Crippen LogP contribution is -2.43. The zero-order valence-corrected chi connectivity index (χ0v) is 11.7. The molecule has 1 fully saturated rings. The summed E-state index contributed by atoms with van der Waals surface area (Å²) < 4.78 is 16.7. The molecule has 3 nitrogen and oxygen atoms in total. The van der Waals surface area contributed by atoms with Gasteiger partial charge in [0.2, 0.25) is 0 Å². The molecule has 2 heterocycles. The van der Waals surface area contributed by atoms with Gasteiger partial charge in [-0.3, -0.25) is 4.68 Å². The van der Waals surface area contributed by atoms with E-state index in [4.69, 9.17) is 0 Å². The van der Waals surface area contributed by atoms with Crippen molar-refractivity contribution in [1.82, 2.24) is 15.1 Å². The zero-order valence-electron chi connectivity index (χ0n) is 11.7. The molecule has 1 aromatic heterocycles. The summed E-state index contributed by atoms with van der Waals surface area (Å²) in [5, 5.41) is 7.69. The van der Waals surface area contributed by atoms with Gasteiger partial charge < -0.3 is 5.32 Å². The van der Waals surface area contributed by atoms with E-state index in [0.717, 1.165) is 43.7 Å². The predicted octanol–water partition coefficient (Wildman–Crippen LogP) is 2.25. The van der Waals surface area contributed by atoms with Crippen LogP contribution in [0.2, 0.25) is 0 Å². The highest BCUT2D eigenvalue weighted by molar-refractivity contribution is 5.13. The number of aryl methyl sites for hydroxylation is 2. The van der Waals surface area contributed by atoms with E-state index >= 15 is 0 Å². The Labute approximate surface area is 109 Å². The van der Waals surface area contributed by atoms with Gasteiger partial charge in [0, 0.05) is 31.6 Å². The van der Waals surface area contributed by atoms with Crippen molar-refractivity contribution in [2.45, 2.75) is 45.2 Å². The normalized spacial score (nSPS) is 23.9. The van der Waals surface area contributed by atoms with Crippen molar-refractivity contribution in [1.29, 1.82) is 0 Å². The largest absolute Gasteiger partial charge is 0.316 e. The molecule has 1 aromatic rings. The van der Waals surface area contributed by atoms with Crippen molar-refractivity contribution in [3.8, 4) is 0 Å². The fourth-order valence-electron chi connectivity index (χ4n) is 2.77. The van der Waals surface area contributed by atoms with Gasteiger partial charge >= 0.3 is 0 Å². The van der Waals surface area contributed by atoms with Gasteiger partial charge in [-0.2, -0.15) is 5.10 Å². The Morgan fingerprint density at radius 3 is 2.94 bits per heavy atom. The van der Waals surface area contributed by atoms with Crippen LogP contribution < -0.4 is 5.32 Å². The fraction of sp³-hybridized carbons (Fsp3) is 0.786. The molecule has 2 unspecified atom stereocenters. The molecule has 0 saturated carbocycles. The number of nitrogens with zero attached hydrogens (tertiary/aromatic N) is 2. The summed E-state index contributed by atoms with van der Waals surface area (Å²) >= 11 is 0. The monoisotopic (exact) mass is 253 g/mol. The van der Waals surface area contributed by atoms with Crippen LogP contribution in [-0.2, 0) is 19.9 Å². The number of piperidine rings is 1. The molecule has 2 rings (SSSR count). The third kappa shape index (κ3) is 2.91. The Bertz CT molecular complexity index is 392. The first-order valence-electron chi connectivity index (χ1n) is 6.94.